The molecule has 1 fully saturated rings. The van der Waals surface area contributed by atoms with Crippen molar-refractivity contribution in [2.45, 2.75) is 50.7 Å². The predicted molar refractivity (Wildman–Crippen MR) is 69.9 cm³/mol. The fourth-order valence-electron chi connectivity index (χ4n) is 2.71. The normalized spacial score (nSPS) is 23.6. The van der Waals surface area contributed by atoms with Gasteiger partial charge in [-0.05, 0) is 50.4 Å². The molecule has 0 bridgehead atoms. The van der Waals surface area contributed by atoms with Crippen LogP contribution in [0.15, 0.2) is 24.3 Å². The lowest BCUT2D eigenvalue weighted by Crippen LogP contribution is -2.40. The zero-order valence-electron chi connectivity index (χ0n) is 10.9. The second-order valence-corrected chi connectivity index (χ2v) is 5.57. The van der Waals surface area contributed by atoms with Crippen LogP contribution in [0.1, 0.15) is 38.2 Å². The summed E-state index contributed by atoms with van der Waals surface area (Å²) < 4.78 is 27.3. The van der Waals surface area contributed by atoms with Crippen molar-refractivity contribution in [3.8, 4) is 0 Å². The number of nitrogens with one attached hydrogen (secondary N) is 1. The fourth-order valence-corrected chi connectivity index (χ4v) is 2.71. The molecule has 1 N–H and O–H groups in total. The van der Waals surface area contributed by atoms with Crippen molar-refractivity contribution in [1.29, 1.82) is 0 Å². The Morgan fingerprint density at radius 2 is 2.00 bits per heavy atom. The second kappa shape index (κ2) is 5.79. The Morgan fingerprint density at radius 3 is 2.61 bits per heavy atom. The molecule has 0 amide bonds. The lowest BCUT2D eigenvalue weighted by atomic mass is 9.88. The fraction of sp³-hybridized carbons (Fsp3) is 0.600. The summed E-state index contributed by atoms with van der Waals surface area (Å²) in [5.74, 6) is -0.270. The van der Waals surface area contributed by atoms with Crippen molar-refractivity contribution in [2.24, 2.45) is 0 Å². The zero-order valence-corrected chi connectivity index (χ0v) is 10.9. The van der Waals surface area contributed by atoms with E-state index < -0.39 is 5.67 Å². The maximum atomic E-state index is 14.5. The Hall–Kier alpha value is -0.960. The minimum absolute atomic E-state index is 0.270. The van der Waals surface area contributed by atoms with Gasteiger partial charge in [-0.3, -0.25) is 0 Å². The maximum absolute atomic E-state index is 14.5. The van der Waals surface area contributed by atoms with Crippen LogP contribution in [0.25, 0.3) is 0 Å². The summed E-state index contributed by atoms with van der Waals surface area (Å²) in [6.45, 7) is 2.64. The largest absolute Gasteiger partial charge is 0.314 e. The molecule has 0 aromatic heterocycles. The minimum atomic E-state index is -1.23. The summed E-state index contributed by atoms with van der Waals surface area (Å²) in [6.07, 6.45) is 4.32. The topological polar surface area (TPSA) is 12.0 Å². The van der Waals surface area contributed by atoms with Gasteiger partial charge in [0.25, 0.3) is 0 Å². The highest BCUT2D eigenvalue weighted by molar-refractivity contribution is 5.18. The van der Waals surface area contributed by atoms with Gasteiger partial charge in [-0.2, -0.15) is 0 Å². The number of alkyl halides is 1. The van der Waals surface area contributed by atoms with Crippen LogP contribution in [-0.2, 0) is 6.42 Å². The van der Waals surface area contributed by atoms with Crippen molar-refractivity contribution < 1.29 is 8.78 Å². The Kier molecular flexibility index (Phi) is 4.33. The number of benzene rings is 1. The molecule has 0 spiro atoms. The maximum Gasteiger partial charge on any atom is 0.123 e. The molecule has 100 valence electrons. The van der Waals surface area contributed by atoms with E-state index in [1.807, 2.05) is 0 Å². The summed E-state index contributed by atoms with van der Waals surface area (Å²) in [4.78, 5) is 0. The average molecular weight is 253 g/mol. The standard InChI is InChI=1S/C15H21F2N/c1-15(17,11-14-4-2-3-9-18-14)10-12-5-7-13(16)8-6-12/h5-8,14,18H,2-4,9-11H2,1H3. The van der Waals surface area contributed by atoms with Crippen molar-refractivity contribution in [3.05, 3.63) is 35.6 Å². The molecule has 1 aliphatic rings. The number of rotatable bonds is 4. The van der Waals surface area contributed by atoms with E-state index in [2.05, 4.69) is 5.32 Å². The summed E-state index contributed by atoms with van der Waals surface area (Å²) >= 11 is 0. The third kappa shape index (κ3) is 4.05. The minimum Gasteiger partial charge on any atom is -0.314 e. The SMILES string of the molecule is CC(F)(Cc1ccc(F)cc1)CC1CCCCN1. The molecular weight excluding hydrogens is 232 g/mol. The average Bonchev–Trinajstić information content (AvgIpc) is 2.32. The highest BCUT2D eigenvalue weighted by atomic mass is 19.1. The zero-order chi connectivity index (χ0) is 13.0. The number of halogens is 2. The van der Waals surface area contributed by atoms with Crippen molar-refractivity contribution >= 4 is 0 Å². The van der Waals surface area contributed by atoms with Crippen LogP contribution < -0.4 is 5.32 Å². The first-order valence-electron chi connectivity index (χ1n) is 6.72. The van der Waals surface area contributed by atoms with Gasteiger partial charge >= 0.3 is 0 Å². The predicted octanol–water partition coefficient (Wildman–Crippen LogP) is 3.63. The third-order valence-corrected chi connectivity index (χ3v) is 3.57. The molecule has 3 heteroatoms. The van der Waals surface area contributed by atoms with Crippen molar-refractivity contribution in [1.82, 2.24) is 5.32 Å². The van der Waals surface area contributed by atoms with Crippen LogP contribution in [0, 0.1) is 5.82 Å². The van der Waals surface area contributed by atoms with Gasteiger partial charge in [-0.25, -0.2) is 8.78 Å². The Bertz CT molecular complexity index is 367. The third-order valence-electron chi connectivity index (χ3n) is 3.57. The molecule has 1 nitrogen and oxygen atoms in total. The molecule has 1 aromatic carbocycles. The van der Waals surface area contributed by atoms with Crippen LogP contribution in [-0.4, -0.2) is 18.3 Å². The van der Waals surface area contributed by atoms with Gasteiger partial charge in [0.1, 0.15) is 11.5 Å². The first-order valence-corrected chi connectivity index (χ1v) is 6.72. The van der Waals surface area contributed by atoms with Gasteiger partial charge in [-0.15, -0.1) is 0 Å². The van der Waals surface area contributed by atoms with Crippen molar-refractivity contribution in [2.75, 3.05) is 6.54 Å². The monoisotopic (exact) mass is 253 g/mol. The van der Waals surface area contributed by atoms with Gasteiger partial charge in [0, 0.05) is 12.5 Å². The molecule has 0 saturated carbocycles. The highest BCUT2D eigenvalue weighted by Gasteiger charge is 2.28. The molecule has 0 radical (unpaired) electrons. The molecule has 2 rings (SSSR count). The smallest absolute Gasteiger partial charge is 0.123 e. The van der Waals surface area contributed by atoms with E-state index in [4.69, 9.17) is 0 Å². The summed E-state index contributed by atoms with van der Waals surface area (Å²) in [6, 6.07) is 6.41. The Balaban J connectivity index is 1.91. The van der Waals surface area contributed by atoms with Crippen LogP contribution >= 0.6 is 0 Å². The summed E-state index contributed by atoms with van der Waals surface area (Å²) in [5.41, 5.74) is -0.371. The Labute approximate surface area is 108 Å². The van der Waals surface area contributed by atoms with E-state index in [0.717, 1.165) is 18.5 Å². The summed E-state index contributed by atoms with van der Waals surface area (Å²) in [5, 5.41) is 3.37. The van der Waals surface area contributed by atoms with Crippen LogP contribution in [0.5, 0.6) is 0 Å². The highest BCUT2D eigenvalue weighted by Crippen LogP contribution is 2.26. The molecule has 1 heterocycles. The number of hydrogen-bond donors (Lipinski definition) is 1. The van der Waals surface area contributed by atoms with Gasteiger partial charge in [0.05, 0.1) is 0 Å². The van der Waals surface area contributed by atoms with Crippen LogP contribution in [0.2, 0.25) is 0 Å². The van der Waals surface area contributed by atoms with Gasteiger partial charge < -0.3 is 5.32 Å². The molecule has 18 heavy (non-hydrogen) atoms. The van der Waals surface area contributed by atoms with Crippen LogP contribution in [0.3, 0.4) is 0 Å². The quantitative estimate of drug-likeness (QED) is 0.864. The van der Waals surface area contributed by atoms with E-state index >= 15 is 0 Å². The molecular formula is C15H21F2N. The number of hydrogen-bond acceptors (Lipinski definition) is 1. The Morgan fingerprint density at radius 1 is 1.28 bits per heavy atom. The lowest BCUT2D eigenvalue weighted by molar-refractivity contribution is 0.146. The summed E-state index contributed by atoms with van der Waals surface area (Å²) in [7, 11) is 0. The van der Waals surface area contributed by atoms with E-state index in [1.165, 1.54) is 25.0 Å². The van der Waals surface area contributed by atoms with Gasteiger partial charge in [-0.1, -0.05) is 18.6 Å². The van der Waals surface area contributed by atoms with E-state index in [-0.39, 0.29) is 11.9 Å². The van der Waals surface area contributed by atoms with Crippen molar-refractivity contribution in [3.63, 3.8) is 0 Å². The van der Waals surface area contributed by atoms with Gasteiger partial charge in [0.2, 0.25) is 0 Å². The lowest BCUT2D eigenvalue weighted by Gasteiger charge is -2.30. The van der Waals surface area contributed by atoms with E-state index in [0.29, 0.717) is 12.8 Å². The van der Waals surface area contributed by atoms with Gasteiger partial charge in [0.15, 0.2) is 0 Å². The molecule has 2 unspecified atom stereocenters. The van der Waals surface area contributed by atoms with Crippen LogP contribution in [0.4, 0.5) is 8.78 Å². The molecule has 1 aromatic rings. The first-order chi connectivity index (χ1) is 8.55. The van der Waals surface area contributed by atoms with E-state index in [9.17, 15) is 8.78 Å². The molecule has 1 aliphatic heterocycles. The molecule has 0 aliphatic carbocycles. The molecule has 2 atom stereocenters. The van der Waals surface area contributed by atoms with E-state index in [1.54, 1.807) is 19.1 Å². The second-order valence-electron chi connectivity index (χ2n) is 5.57. The number of piperidine rings is 1. The first kappa shape index (κ1) is 13.5. The molecule has 1 saturated heterocycles.